The van der Waals surface area contributed by atoms with Gasteiger partial charge in [-0.2, -0.15) is 4.39 Å². The number of nitrogens with one attached hydrogen (secondary N) is 1. The number of amides is 2. The van der Waals surface area contributed by atoms with Gasteiger partial charge in [0.15, 0.2) is 0 Å². The maximum Gasteiger partial charge on any atom is 0.255 e. The number of pyridine rings is 1. The number of rotatable bonds is 3. The van der Waals surface area contributed by atoms with E-state index in [2.05, 4.69) is 10.3 Å². The van der Waals surface area contributed by atoms with Gasteiger partial charge in [0.05, 0.1) is 5.56 Å². The summed E-state index contributed by atoms with van der Waals surface area (Å²) in [5, 5.41) is 2.77. The molecule has 5 nitrogen and oxygen atoms in total. The van der Waals surface area contributed by atoms with Crippen LogP contribution in [0.1, 0.15) is 23.2 Å². The van der Waals surface area contributed by atoms with Crippen molar-refractivity contribution in [1.82, 2.24) is 15.2 Å². The fraction of sp³-hybridized carbons (Fsp3) is 0.462. The van der Waals surface area contributed by atoms with Gasteiger partial charge in [0.25, 0.3) is 5.91 Å². The second kappa shape index (κ2) is 6.65. The van der Waals surface area contributed by atoms with Crippen molar-refractivity contribution in [2.24, 2.45) is 0 Å². The minimum atomic E-state index is -0.618. The van der Waals surface area contributed by atoms with Crippen molar-refractivity contribution in [1.29, 1.82) is 0 Å². The molecular formula is C13H15ClFN3O2. The van der Waals surface area contributed by atoms with Gasteiger partial charge < -0.3 is 10.2 Å². The molecule has 0 bridgehead atoms. The molecule has 2 heterocycles. The molecule has 0 unspecified atom stereocenters. The zero-order valence-corrected chi connectivity index (χ0v) is 11.6. The molecule has 1 fully saturated rings. The van der Waals surface area contributed by atoms with Gasteiger partial charge in [0.2, 0.25) is 11.9 Å². The van der Waals surface area contributed by atoms with Crippen molar-refractivity contribution >= 4 is 23.4 Å². The monoisotopic (exact) mass is 299 g/mol. The van der Waals surface area contributed by atoms with E-state index in [1.54, 1.807) is 4.90 Å². The summed E-state index contributed by atoms with van der Waals surface area (Å²) >= 11 is 5.44. The predicted octanol–water partition coefficient (Wildman–Crippen LogP) is 1.18. The zero-order chi connectivity index (χ0) is 14.5. The standard InChI is InChI=1S/C13H15ClFN3O2/c14-6-12(19)17-10-2-1-5-18(8-10)13(20)9-3-4-11(15)16-7-9/h3-4,7,10H,1-2,5-6,8H2,(H,17,19)/t10-/m1/s1. The number of hydrogen-bond acceptors (Lipinski definition) is 3. The summed E-state index contributed by atoms with van der Waals surface area (Å²) in [5.41, 5.74) is 0.343. The number of hydrogen-bond donors (Lipinski definition) is 1. The summed E-state index contributed by atoms with van der Waals surface area (Å²) in [4.78, 5) is 28.6. The van der Waals surface area contributed by atoms with Crippen LogP contribution in [0.3, 0.4) is 0 Å². The first kappa shape index (κ1) is 14.7. The Labute approximate surface area is 121 Å². The molecule has 0 saturated carbocycles. The Hall–Kier alpha value is -1.69. The minimum absolute atomic E-state index is 0.0904. The maximum absolute atomic E-state index is 12.7. The number of carbonyl (C=O) groups is 2. The Morgan fingerprint density at radius 1 is 1.50 bits per heavy atom. The first-order valence-corrected chi connectivity index (χ1v) is 6.89. The Morgan fingerprint density at radius 3 is 2.95 bits per heavy atom. The average Bonchev–Trinajstić information content (AvgIpc) is 2.47. The molecule has 0 aromatic carbocycles. The highest BCUT2D eigenvalue weighted by Crippen LogP contribution is 2.13. The van der Waals surface area contributed by atoms with Crippen LogP contribution in [0.25, 0.3) is 0 Å². The van der Waals surface area contributed by atoms with Crippen LogP contribution in [0.2, 0.25) is 0 Å². The molecule has 7 heteroatoms. The van der Waals surface area contributed by atoms with Crippen LogP contribution in [0.15, 0.2) is 18.3 Å². The zero-order valence-electron chi connectivity index (χ0n) is 10.8. The van der Waals surface area contributed by atoms with E-state index >= 15 is 0 Å². The second-order valence-electron chi connectivity index (χ2n) is 4.66. The highest BCUT2D eigenvalue weighted by Gasteiger charge is 2.25. The van der Waals surface area contributed by atoms with E-state index < -0.39 is 5.95 Å². The van der Waals surface area contributed by atoms with E-state index in [0.717, 1.165) is 18.9 Å². The molecule has 0 spiro atoms. The summed E-state index contributed by atoms with van der Waals surface area (Å²) < 4.78 is 12.7. The quantitative estimate of drug-likeness (QED) is 0.673. The number of carbonyl (C=O) groups excluding carboxylic acids is 2. The van der Waals surface area contributed by atoms with Crippen molar-refractivity contribution in [2.75, 3.05) is 19.0 Å². The molecular weight excluding hydrogens is 285 g/mol. The Balaban J connectivity index is 1.99. The third kappa shape index (κ3) is 3.66. The van der Waals surface area contributed by atoms with Crippen molar-refractivity contribution in [3.63, 3.8) is 0 Å². The van der Waals surface area contributed by atoms with Crippen LogP contribution in [0, 0.1) is 5.95 Å². The van der Waals surface area contributed by atoms with Crippen LogP contribution in [0.5, 0.6) is 0 Å². The van der Waals surface area contributed by atoms with Gasteiger partial charge >= 0.3 is 0 Å². The minimum Gasteiger partial charge on any atom is -0.351 e. The molecule has 1 aliphatic rings. The molecule has 0 radical (unpaired) electrons. The molecule has 1 aliphatic heterocycles. The van der Waals surface area contributed by atoms with E-state index in [1.807, 2.05) is 0 Å². The lowest BCUT2D eigenvalue weighted by molar-refractivity contribution is -0.119. The van der Waals surface area contributed by atoms with Gasteiger partial charge in [-0.1, -0.05) is 0 Å². The van der Waals surface area contributed by atoms with Crippen molar-refractivity contribution < 1.29 is 14.0 Å². The topological polar surface area (TPSA) is 62.3 Å². The molecule has 108 valence electrons. The molecule has 1 atom stereocenters. The van der Waals surface area contributed by atoms with Gasteiger partial charge in [-0.15, -0.1) is 11.6 Å². The summed E-state index contributed by atoms with van der Waals surface area (Å²) in [7, 11) is 0. The van der Waals surface area contributed by atoms with Crippen LogP contribution in [0.4, 0.5) is 4.39 Å². The number of halogens is 2. The number of piperidine rings is 1. The van der Waals surface area contributed by atoms with Gasteiger partial charge in [0.1, 0.15) is 5.88 Å². The van der Waals surface area contributed by atoms with Crippen molar-refractivity contribution in [3.8, 4) is 0 Å². The third-order valence-corrected chi connectivity index (χ3v) is 3.41. The number of alkyl halides is 1. The normalized spacial score (nSPS) is 18.7. The molecule has 1 N–H and O–H groups in total. The Morgan fingerprint density at radius 2 is 2.30 bits per heavy atom. The smallest absolute Gasteiger partial charge is 0.255 e. The van der Waals surface area contributed by atoms with E-state index in [0.29, 0.717) is 18.7 Å². The van der Waals surface area contributed by atoms with Gasteiger partial charge in [-0.25, -0.2) is 4.98 Å². The number of likely N-dealkylation sites (tertiary alicyclic amines) is 1. The van der Waals surface area contributed by atoms with Crippen LogP contribution >= 0.6 is 11.6 Å². The Kier molecular flexibility index (Phi) is 4.89. The molecule has 1 aromatic heterocycles. The highest BCUT2D eigenvalue weighted by atomic mass is 35.5. The van der Waals surface area contributed by atoms with Crippen molar-refractivity contribution in [3.05, 3.63) is 29.8 Å². The maximum atomic E-state index is 12.7. The summed E-state index contributed by atoms with van der Waals surface area (Å²) in [5.74, 6) is -1.16. The molecule has 1 saturated heterocycles. The van der Waals surface area contributed by atoms with Crippen LogP contribution in [-0.2, 0) is 4.79 Å². The first-order chi connectivity index (χ1) is 9.60. The molecule has 0 aliphatic carbocycles. The van der Waals surface area contributed by atoms with E-state index in [-0.39, 0.29) is 23.7 Å². The Bertz CT molecular complexity index is 495. The fourth-order valence-corrected chi connectivity index (χ4v) is 2.31. The van der Waals surface area contributed by atoms with Crippen molar-refractivity contribution in [2.45, 2.75) is 18.9 Å². The van der Waals surface area contributed by atoms with E-state index in [1.165, 1.54) is 12.3 Å². The summed E-state index contributed by atoms with van der Waals surface area (Å²) in [6.07, 6.45) is 2.83. The lowest BCUT2D eigenvalue weighted by Crippen LogP contribution is -2.49. The van der Waals surface area contributed by atoms with Gasteiger partial charge in [-0.3, -0.25) is 9.59 Å². The van der Waals surface area contributed by atoms with E-state index in [9.17, 15) is 14.0 Å². The van der Waals surface area contributed by atoms with Crippen LogP contribution < -0.4 is 5.32 Å². The van der Waals surface area contributed by atoms with E-state index in [4.69, 9.17) is 11.6 Å². The summed E-state index contributed by atoms with van der Waals surface area (Å²) in [6.45, 7) is 1.04. The van der Waals surface area contributed by atoms with Crippen LogP contribution in [-0.4, -0.2) is 46.7 Å². The lowest BCUT2D eigenvalue weighted by atomic mass is 10.0. The number of aromatic nitrogens is 1. The molecule has 20 heavy (non-hydrogen) atoms. The molecule has 1 aromatic rings. The first-order valence-electron chi connectivity index (χ1n) is 6.36. The largest absolute Gasteiger partial charge is 0.351 e. The van der Waals surface area contributed by atoms with Gasteiger partial charge in [0, 0.05) is 25.3 Å². The SMILES string of the molecule is O=C(CCl)N[C@@H]1CCCN(C(=O)c2ccc(F)nc2)C1. The average molecular weight is 300 g/mol. The lowest BCUT2D eigenvalue weighted by Gasteiger charge is -2.33. The fourth-order valence-electron chi connectivity index (χ4n) is 2.23. The second-order valence-corrected chi connectivity index (χ2v) is 4.93. The van der Waals surface area contributed by atoms with Gasteiger partial charge in [-0.05, 0) is 25.0 Å². The number of nitrogens with zero attached hydrogens (tertiary/aromatic N) is 2. The third-order valence-electron chi connectivity index (χ3n) is 3.17. The predicted molar refractivity (Wildman–Crippen MR) is 72.0 cm³/mol. The molecule has 2 rings (SSSR count). The highest BCUT2D eigenvalue weighted by molar-refractivity contribution is 6.27. The molecule has 2 amide bonds. The summed E-state index contributed by atoms with van der Waals surface area (Å²) in [6, 6.07) is 2.47.